The Hall–Kier alpha value is -2.60. The minimum atomic E-state index is -3.89. The number of nitrogens with zero attached hydrogens (tertiary/aromatic N) is 3. The summed E-state index contributed by atoms with van der Waals surface area (Å²) in [7, 11) is -3.89. The lowest BCUT2D eigenvalue weighted by Gasteiger charge is -2.31. The number of hydrogen-bond acceptors (Lipinski definition) is 7. The average Bonchev–Trinajstić information content (AvgIpc) is 2.63. The number of likely N-dealkylation sites (tertiary alicyclic amines) is 1. The molecule has 25 heavy (non-hydrogen) atoms. The van der Waals surface area contributed by atoms with Crippen LogP contribution in [0.15, 0.2) is 40.5 Å². The lowest BCUT2D eigenvalue weighted by Crippen LogP contribution is -2.44. The molecular weight excluding hydrogens is 344 g/mol. The number of nitriles is 1. The van der Waals surface area contributed by atoms with Gasteiger partial charge in [0.25, 0.3) is 0 Å². The molecule has 0 bridgehead atoms. The van der Waals surface area contributed by atoms with Gasteiger partial charge in [-0.1, -0.05) is 0 Å². The highest BCUT2D eigenvalue weighted by Gasteiger charge is 2.24. The molecule has 2 rings (SSSR count). The summed E-state index contributed by atoms with van der Waals surface area (Å²) in [6.07, 6.45) is 4.84. The van der Waals surface area contributed by atoms with E-state index < -0.39 is 9.84 Å². The monoisotopic (exact) mass is 364 g/mol. The molecule has 134 valence electrons. The molecule has 1 fully saturated rings. The number of nitrogens with one attached hydrogen (secondary N) is 1. The van der Waals surface area contributed by atoms with Gasteiger partial charge in [-0.15, -0.1) is 0 Å². The van der Waals surface area contributed by atoms with Gasteiger partial charge in [0.2, 0.25) is 9.84 Å². The van der Waals surface area contributed by atoms with Crippen LogP contribution in [-0.2, 0) is 14.6 Å². The van der Waals surface area contributed by atoms with Gasteiger partial charge in [0.05, 0.1) is 11.5 Å². The number of hydrogen-bond donors (Lipinski definition) is 1. The van der Waals surface area contributed by atoms with Crippen molar-refractivity contribution >= 4 is 15.9 Å². The number of carbonyl (C=O) groups excluding carboxylic acids is 1. The number of carbonyl (C=O) groups is 1. The van der Waals surface area contributed by atoms with Gasteiger partial charge in [-0.25, -0.2) is 13.2 Å². The predicted molar refractivity (Wildman–Crippen MR) is 89.9 cm³/mol. The second-order valence-corrected chi connectivity index (χ2v) is 7.36. The summed E-state index contributed by atoms with van der Waals surface area (Å²) in [6, 6.07) is 4.60. The summed E-state index contributed by atoms with van der Waals surface area (Å²) < 4.78 is 29.8. The fraction of sp³-hybridized carbons (Fsp3) is 0.438. The van der Waals surface area contributed by atoms with Crippen LogP contribution >= 0.6 is 0 Å². The Morgan fingerprint density at radius 2 is 2.24 bits per heavy atom. The molecule has 1 amide bonds. The number of pyridine rings is 1. The predicted octanol–water partition coefficient (Wildman–Crippen LogP) is 1.43. The van der Waals surface area contributed by atoms with E-state index in [1.54, 1.807) is 17.9 Å². The number of aromatic nitrogens is 1. The molecule has 0 spiro atoms. The van der Waals surface area contributed by atoms with E-state index >= 15 is 0 Å². The number of amides is 1. The minimum absolute atomic E-state index is 0.0156. The fourth-order valence-electron chi connectivity index (χ4n) is 2.44. The third-order valence-corrected chi connectivity index (χ3v) is 5.47. The van der Waals surface area contributed by atoms with E-state index in [2.05, 4.69) is 10.3 Å². The van der Waals surface area contributed by atoms with E-state index in [9.17, 15) is 18.5 Å². The first-order valence-corrected chi connectivity index (χ1v) is 9.40. The largest absolute Gasteiger partial charge is 0.450 e. The molecule has 0 aromatic carbocycles. The average molecular weight is 364 g/mol. The number of ether oxygens (including phenoxy) is 1. The van der Waals surface area contributed by atoms with Gasteiger partial charge in [-0.2, -0.15) is 5.26 Å². The van der Waals surface area contributed by atoms with Crippen molar-refractivity contribution in [3.05, 3.63) is 35.6 Å². The van der Waals surface area contributed by atoms with Crippen molar-refractivity contribution < 1.29 is 17.9 Å². The highest BCUT2D eigenvalue weighted by atomic mass is 32.2. The van der Waals surface area contributed by atoms with Gasteiger partial charge in [0, 0.05) is 37.7 Å². The normalized spacial score (nSPS) is 16.2. The van der Waals surface area contributed by atoms with Crippen LogP contribution in [0.4, 0.5) is 4.79 Å². The van der Waals surface area contributed by atoms with Gasteiger partial charge in [0.1, 0.15) is 6.07 Å². The van der Waals surface area contributed by atoms with Gasteiger partial charge >= 0.3 is 6.09 Å². The summed E-state index contributed by atoms with van der Waals surface area (Å²) in [4.78, 5) is 16.6. The zero-order valence-electron chi connectivity index (χ0n) is 13.9. The molecule has 9 heteroatoms. The third-order valence-electron chi connectivity index (χ3n) is 3.82. The van der Waals surface area contributed by atoms with Crippen molar-refractivity contribution in [2.75, 3.05) is 19.7 Å². The second-order valence-electron chi connectivity index (χ2n) is 5.44. The van der Waals surface area contributed by atoms with Crippen molar-refractivity contribution in [1.82, 2.24) is 15.2 Å². The maximum absolute atomic E-state index is 12.4. The molecule has 1 saturated heterocycles. The summed E-state index contributed by atoms with van der Waals surface area (Å²) in [5, 5.41) is 12.2. The Balaban J connectivity index is 1.99. The van der Waals surface area contributed by atoms with Crippen molar-refractivity contribution in [1.29, 1.82) is 5.26 Å². The zero-order valence-corrected chi connectivity index (χ0v) is 14.7. The number of piperidine rings is 1. The zero-order chi connectivity index (χ0) is 18.3. The minimum Gasteiger partial charge on any atom is -0.450 e. The van der Waals surface area contributed by atoms with Crippen LogP contribution in [0, 0.1) is 11.3 Å². The number of rotatable bonds is 5. The van der Waals surface area contributed by atoms with E-state index in [1.165, 1.54) is 30.7 Å². The fourth-order valence-corrected chi connectivity index (χ4v) is 3.49. The van der Waals surface area contributed by atoms with Crippen molar-refractivity contribution in [3.8, 4) is 6.07 Å². The van der Waals surface area contributed by atoms with E-state index in [1.807, 2.05) is 0 Å². The quantitative estimate of drug-likeness (QED) is 0.786. The van der Waals surface area contributed by atoms with E-state index in [-0.39, 0.29) is 21.9 Å². The Morgan fingerprint density at radius 3 is 2.80 bits per heavy atom. The molecule has 0 unspecified atom stereocenters. The molecule has 0 aliphatic carbocycles. The SMILES string of the molecule is CCOC(=O)N1CCC(N/C=C(\C#N)S(=O)(=O)c2cccnc2)CC1. The van der Waals surface area contributed by atoms with Gasteiger partial charge in [0.15, 0.2) is 4.91 Å². The lowest BCUT2D eigenvalue weighted by atomic mass is 10.1. The Bertz CT molecular complexity index is 763. The Morgan fingerprint density at radius 1 is 1.52 bits per heavy atom. The van der Waals surface area contributed by atoms with Crippen LogP contribution in [-0.4, -0.2) is 50.1 Å². The van der Waals surface area contributed by atoms with Crippen LogP contribution in [0.3, 0.4) is 0 Å². The molecule has 0 radical (unpaired) electrons. The first-order valence-electron chi connectivity index (χ1n) is 7.92. The Kier molecular flexibility index (Phi) is 6.36. The summed E-state index contributed by atoms with van der Waals surface area (Å²) in [6.45, 7) is 3.11. The highest BCUT2D eigenvalue weighted by Crippen LogP contribution is 2.18. The van der Waals surface area contributed by atoms with Crippen molar-refractivity contribution in [2.24, 2.45) is 0 Å². The molecule has 8 nitrogen and oxygen atoms in total. The third kappa shape index (κ3) is 4.70. The molecule has 1 aromatic heterocycles. The van der Waals surface area contributed by atoms with E-state index in [4.69, 9.17) is 4.74 Å². The van der Waals surface area contributed by atoms with Gasteiger partial charge in [-0.05, 0) is 31.9 Å². The van der Waals surface area contributed by atoms with Crippen molar-refractivity contribution in [3.63, 3.8) is 0 Å². The smallest absolute Gasteiger partial charge is 0.409 e. The number of allylic oxidation sites excluding steroid dienone is 1. The molecular formula is C16H20N4O4S. The van der Waals surface area contributed by atoms with Crippen LogP contribution in [0.1, 0.15) is 19.8 Å². The number of sulfone groups is 1. The topological polar surface area (TPSA) is 112 Å². The van der Waals surface area contributed by atoms with Crippen LogP contribution in [0.5, 0.6) is 0 Å². The first-order chi connectivity index (χ1) is 12.0. The maximum atomic E-state index is 12.4. The molecule has 1 N–H and O–H groups in total. The van der Waals surface area contributed by atoms with Crippen LogP contribution in [0.2, 0.25) is 0 Å². The van der Waals surface area contributed by atoms with Gasteiger partial charge < -0.3 is 15.0 Å². The molecule has 1 aliphatic heterocycles. The summed E-state index contributed by atoms with van der Waals surface area (Å²) in [5.41, 5.74) is 0. The maximum Gasteiger partial charge on any atom is 0.409 e. The summed E-state index contributed by atoms with van der Waals surface area (Å²) in [5.74, 6) is 0. The molecule has 0 atom stereocenters. The van der Waals surface area contributed by atoms with E-state index in [0.717, 1.165) is 0 Å². The standard InChI is InChI=1S/C16H20N4O4S/c1-2-24-16(21)20-8-5-13(6-9-20)19-12-15(10-17)25(22,23)14-4-3-7-18-11-14/h3-4,7,11-13,19H,2,5-6,8-9H2,1H3/b15-12+. The van der Waals surface area contributed by atoms with Gasteiger partial charge in [-0.3, -0.25) is 4.98 Å². The highest BCUT2D eigenvalue weighted by molar-refractivity contribution is 7.95. The van der Waals surface area contributed by atoms with Crippen LogP contribution in [0.25, 0.3) is 0 Å². The van der Waals surface area contributed by atoms with E-state index in [0.29, 0.717) is 32.5 Å². The Labute approximate surface area is 147 Å². The molecule has 2 heterocycles. The lowest BCUT2D eigenvalue weighted by molar-refractivity contribution is 0.0960. The summed E-state index contributed by atoms with van der Waals surface area (Å²) >= 11 is 0. The first kappa shape index (κ1) is 18.7. The van der Waals surface area contributed by atoms with Crippen LogP contribution < -0.4 is 5.32 Å². The molecule has 1 aromatic rings. The van der Waals surface area contributed by atoms with Crippen molar-refractivity contribution in [2.45, 2.75) is 30.7 Å². The molecule has 1 aliphatic rings. The second kappa shape index (κ2) is 8.48. The molecule has 0 saturated carbocycles.